The molecule has 0 unspecified atom stereocenters. The zero-order valence-electron chi connectivity index (χ0n) is 23.6. The Balaban J connectivity index is 2.07. The minimum Gasteiger partial charge on any atom is -0.494 e. The Labute approximate surface area is 240 Å². The first-order valence-corrected chi connectivity index (χ1v) is 14.1. The van der Waals surface area contributed by atoms with Gasteiger partial charge < -0.3 is 31.3 Å². The van der Waals surface area contributed by atoms with Crippen molar-refractivity contribution in [2.75, 3.05) is 13.2 Å². The van der Waals surface area contributed by atoms with E-state index in [1.165, 1.54) is 12.1 Å². The number of primary amides is 1. The van der Waals surface area contributed by atoms with Crippen LogP contribution in [0.5, 0.6) is 5.75 Å². The Kier molecular flexibility index (Phi) is 18.2. The summed E-state index contributed by atoms with van der Waals surface area (Å²) in [5.41, 5.74) is 7.83. The third-order valence-corrected chi connectivity index (χ3v) is 6.50. The number of carboxylic acids is 2. The van der Waals surface area contributed by atoms with Crippen molar-refractivity contribution < 1.29 is 38.9 Å². The van der Waals surface area contributed by atoms with Gasteiger partial charge in [0.1, 0.15) is 17.8 Å². The number of carbonyl (C=O) groups excluding carboxylic acids is 3. The number of aromatic carboxylic acids is 1. The number of benzene rings is 1. The van der Waals surface area contributed by atoms with Crippen molar-refractivity contribution in [3.8, 4) is 5.75 Å². The van der Waals surface area contributed by atoms with Crippen LogP contribution in [0.4, 0.5) is 0 Å². The van der Waals surface area contributed by atoms with E-state index in [2.05, 4.69) is 16.1 Å². The molecule has 1 aromatic rings. The first-order chi connectivity index (χ1) is 19.6. The highest BCUT2D eigenvalue weighted by molar-refractivity contribution is 5.88. The van der Waals surface area contributed by atoms with Gasteiger partial charge in [0.2, 0.25) is 17.7 Å². The molecule has 0 spiro atoms. The van der Waals surface area contributed by atoms with E-state index < -0.39 is 29.9 Å². The average Bonchev–Trinajstić information content (AvgIpc) is 2.93. The first-order valence-electron chi connectivity index (χ1n) is 14.1. The van der Waals surface area contributed by atoms with E-state index in [9.17, 15) is 24.0 Å². The summed E-state index contributed by atoms with van der Waals surface area (Å²) < 4.78 is 5.62. The van der Waals surface area contributed by atoms with Crippen LogP contribution in [0.1, 0.15) is 93.8 Å². The molecule has 230 valence electrons. The molecule has 3 amide bonds. The van der Waals surface area contributed by atoms with Crippen LogP contribution in [0.25, 0.3) is 0 Å². The lowest BCUT2D eigenvalue weighted by Gasteiger charge is -2.15. The number of carboxylic acid groups (broad SMARTS) is 2. The molecule has 13 heteroatoms. The Morgan fingerprint density at radius 3 is 1.98 bits per heavy atom. The molecule has 0 aliphatic heterocycles. The highest BCUT2D eigenvalue weighted by atomic mass is 16.5. The Morgan fingerprint density at radius 1 is 0.756 bits per heavy atom. The molecule has 0 aliphatic rings. The van der Waals surface area contributed by atoms with Crippen molar-refractivity contribution in [3.63, 3.8) is 0 Å². The van der Waals surface area contributed by atoms with Gasteiger partial charge in [-0.2, -0.15) is 0 Å². The molecular formula is C28H45N5O8. The van der Waals surface area contributed by atoms with Crippen LogP contribution in [0.3, 0.4) is 0 Å². The van der Waals surface area contributed by atoms with E-state index in [4.69, 9.17) is 26.5 Å². The average molecular weight is 580 g/mol. The van der Waals surface area contributed by atoms with Gasteiger partial charge in [-0.05, 0) is 62.8 Å². The highest BCUT2D eigenvalue weighted by Crippen LogP contribution is 2.14. The van der Waals surface area contributed by atoms with Crippen molar-refractivity contribution in [3.05, 3.63) is 29.8 Å². The van der Waals surface area contributed by atoms with Crippen LogP contribution in [0, 0.1) is 0 Å². The molecule has 0 fully saturated rings. The minimum absolute atomic E-state index is 0.0258. The van der Waals surface area contributed by atoms with Crippen molar-refractivity contribution in [2.24, 2.45) is 11.6 Å². The van der Waals surface area contributed by atoms with Crippen molar-refractivity contribution in [2.45, 2.75) is 95.6 Å². The smallest absolute Gasteiger partial charge is 0.335 e. The monoisotopic (exact) mass is 579 g/mol. The standard InChI is InChI=1S/C28H45N5O8/c29-26(36)22(16-17-24(34)31-18-8-7-10-23(33-30)28(39)40)32-25(35)11-6-4-2-1-3-5-9-19-41-21-14-12-20(13-15-21)27(37)38/h12-15,22-23,33H,1-11,16-19,30H2,(H2,29,36)(H,31,34)(H,32,35)(H,37,38)(H,39,40)/t22-,23-/m0/s1. The second-order valence-corrected chi connectivity index (χ2v) is 9.87. The van der Waals surface area contributed by atoms with Crippen LogP contribution < -0.4 is 32.4 Å². The normalized spacial score (nSPS) is 12.2. The van der Waals surface area contributed by atoms with Crippen LogP contribution >= 0.6 is 0 Å². The molecule has 0 radical (unpaired) electrons. The maximum Gasteiger partial charge on any atom is 0.335 e. The van der Waals surface area contributed by atoms with Crippen molar-refractivity contribution in [1.82, 2.24) is 16.1 Å². The van der Waals surface area contributed by atoms with Gasteiger partial charge in [0, 0.05) is 19.4 Å². The molecule has 2 atom stereocenters. The number of rotatable bonds is 24. The van der Waals surface area contributed by atoms with E-state index in [0.29, 0.717) is 44.6 Å². The molecule has 0 aromatic heterocycles. The SMILES string of the molecule is NN[C@@H](CCCCNC(=O)CC[C@H](NC(=O)CCCCCCCCCOc1ccc(C(=O)O)cc1)C(N)=O)C(=O)O. The number of ether oxygens (including phenoxy) is 1. The molecule has 0 saturated carbocycles. The molecule has 1 rings (SSSR count). The maximum atomic E-state index is 12.2. The lowest BCUT2D eigenvalue weighted by atomic mass is 10.1. The lowest BCUT2D eigenvalue weighted by molar-refractivity contribution is -0.139. The summed E-state index contributed by atoms with van der Waals surface area (Å²) in [4.78, 5) is 57.7. The molecular weight excluding hydrogens is 534 g/mol. The Hall–Kier alpha value is -3.71. The number of hydrogen-bond donors (Lipinski definition) is 7. The Morgan fingerprint density at radius 2 is 1.39 bits per heavy atom. The van der Waals surface area contributed by atoms with Crippen LogP contribution in [0.15, 0.2) is 24.3 Å². The molecule has 0 aliphatic carbocycles. The predicted octanol–water partition coefficient (Wildman–Crippen LogP) is 1.84. The lowest BCUT2D eigenvalue weighted by Crippen LogP contribution is -2.45. The van der Waals surface area contributed by atoms with Gasteiger partial charge in [-0.15, -0.1) is 0 Å². The van der Waals surface area contributed by atoms with Gasteiger partial charge in [-0.25, -0.2) is 10.2 Å². The third kappa shape index (κ3) is 16.9. The second kappa shape index (κ2) is 21.1. The van der Waals surface area contributed by atoms with Gasteiger partial charge in [-0.1, -0.05) is 32.1 Å². The van der Waals surface area contributed by atoms with Crippen molar-refractivity contribution in [1.29, 1.82) is 0 Å². The largest absolute Gasteiger partial charge is 0.494 e. The number of hydrogen-bond acceptors (Lipinski definition) is 8. The molecule has 41 heavy (non-hydrogen) atoms. The van der Waals surface area contributed by atoms with Gasteiger partial charge in [0.05, 0.1) is 12.2 Å². The summed E-state index contributed by atoms with van der Waals surface area (Å²) in [5, 5.41) is 23.1. The molecule has 0 heterocycles. The van der Waals surface area contributed by atoms with Crippen LogP contribution in [-0.2, 0) is 19.2 Å². The quantitative estimate of drug-likeness (QED) is 0.0534. The summed E-state index contributed by atoms with van der Waals surface area (Å²) in [7, 11) is 0. The summed E-state index contributed by atoms with van der Waals surface area (Å²) in [6.07, 6.45) is 8.44. The zero-order chi connectivity index (χ0) is 30.5. The summed E-state index contributed by atoms with van der Waals surface area (Å²) in [5.74, 6) is 2.57. The summed E-state index contributed by atoms with van der Waals surface area (Å²) >= 11 is 0. The van der Waals surface area contributed by atoms with Crippen LogP contribution in [0.2, 0.25) is 0 Å². The summed E-state index contributed by atoms with van der Waals surface area (Å²) in [6.45, 7) is 0.930. The molecule has 1 aromatic carbocycles. The number of carbonyl (C=O) groups is 5. The second-order valence-electron chi connectivity index (χ2n) is 9.87. The number of nitrogens with one attached hydrogen (secondary N) is 3. The molecule has 9 N–H and O–H groups in total. The molecule has 0 saturated heterocycles. The van der Waals surface area contributed by atoms with E-state index in [1.54, 1.807) is 12.1 Å². The van der Waals surface area contributed by atoms with Crippen LogP contribution in [-0.4, -0.2) is 65.1 Å². The zero-order valence-corrected chi connectivity index (χ0v) is 23.6. The fourth-order valence-electron chi connectivity index (χ4n) is 4.05. The number of nitrogens with two attached hydrogens (primary N) is 2. The molecule has 13 nitrogen and oxygen atoms in total. The van der Waals surface area contributed by atoms with Gasteiger partial charge in [0.25, 0.3) is 0 Å². The highest BCUT2D eigenvalue weighted by Gasteiger charge is 2.19. The van der Waals surface area contributed by atoms with Gasteiger partial charge in [-0.3, -0.25) is 25.0 Å². The van der Waals surface area contributed by atoms with E-state index >= 15 is 0 Å². The number of unbranched alkanes of at least 4 members (excludes halogenated alkanes) is 7. The predicted molar refractivity (Wildman–Crippen MR) is 152 cm³/mol. The van der Waals surface area contributed by atoms with Gasteiger partial charge in [0.15, 0.2) is 0 Å². The van der Waals surface area contributed by atoms with E-state index in [-0.39, 0.29) is 36.6 Å². The summed E-state index contributed by atoms with van der Waals surface area (Å²) in [6, 6.07) is 4.58. The third-order valence-electron chi connectivity index (χ3n) is 6.50. The number of amides is 3. The minimum atomic E-state index is -1.03. The first kappa shape index (κ1) is 35.3. The maximum absolute atomic E-state index is 12.2. The fraction of sp³-hybridized carbons (Fsp3) is 0.607. The van der Waals surface area contributed by atoms with E-state index in [1.807, 2.05) is 0 Å². The molecule has 0 bridgehead atoms. The fourth-order valence-corrected chi connectivity index (χ4v) is 4.05. The van der Waals surface area contributed by atoms with E-state index in [0.717, 1.165) is 38.5 Å². The number of hydrazine groups is 1. The van der Waals surface area contributed by atoms with Crippen molar-refractivity contribution >= 4 is 29.7 Å². The number of aliphatic carboxylic acids is 1. The Bertz CT molecular complexity index is 957. The van der Waals surface area contributed by atoms with Gasteiger partial charge >= 0.3 is 11.9 Å². The topological polar surface area (TPSA) is 223 Å².